The molecule has 1 aliphatic rings. The van der Waals surface area contributed by atoms with Gasteiger partial charge in [-0.1, -0.05) is 48.2 Å². The van der Waals surface area contributed by atoms with Crippen LogP contribution in [0, 0.1) is 5.82 Å². The molecule has 1 aromatic heterocycles. The van der Waals surface area contributed by atoms with Gasteiger partial charge in [0.1, 0.15) is 5.82 Å². The number of carbonyl (C=O) groups excluding carboxylic acids is 1. The molecule has 2 aromatic carbocycles. The number of amides is 1. The molecule has 0 saturated heterocycles. The predicted molar refractivity (Wildman–Crippen MR) is 101 cm³/mol. The summed E-state index contributed by atoms with van der Waals surface area (Å²) < 4.78 is 19.4. The van der Waals surface area contributed by atoms with Crippen LogP contribution in [0.25, 0.3) is 11.5 Å². The minimum atomic E-state index is -0.422. The van der Waals surface area contributed by atoms with Crippen molar-refractivity contribution in [2.24, 2.45) is 0 Å². The van der Waals surface area contributed by atoms with Gasteiger partial charge in [-0.05, 0) is 36.6 Å². The molecule has 0 saturated carbocycles. The Morgan fingerprint density at radius 2 is 1.89 bits per heavy atom. The lowest BCUT2D eigenvalue weighted by molar-refractivity contribution is -0.131. The minimum absolute atomic E-state index is 0.0279. The molecule has 3 aromatic rings. The van der Waals surface area contributed by atoms with Crippen LogP contribution >= 0.6 is 11.8 Å². The maximum atomic E-state index is 13.8. The minimum Gasteiger partial charge on any atom is -0.411 e. The highest BCUT2D eigenvalue weighted by Gasteiger charge is 2.26. The van der Waals surface area contributed by atoms with Crippen LogP contribution in [-0.4, -0.2) is 32.8 Å². The molecule has 4 rings (SSSR count). The van der Waals surface area contributed by atoms with Crippen LogP contribution in [-0.2, 0) is 17.8 Å². The second kappa shape index (κ2) is 7.52. The standard InChI is InChI=1S/C20H18FN3O2S/c1-13(19(25)24-11-10-14-6-2-3-7-15(14)12-24)27-20-23-22-18(26-20)16-8-4-5-9-17(16)21/h2-9,13H,10-12H2,1H3/t13-/m1/s1. The number of fused-ring (bicyclic) bond motifs is 1. The fourth-order valence-corrected chi connectivity index (χ4v) is 3.91. The van der Waals surface area contributed by atoms with Crippen molar-refractivity contribution >= 4 is 17.7 Å². The summed E-state index contributed by atoms with van der Waals surface area (Å²) in [6.07, 6.45) is 0.858. The zero-order valence-electron chi connectivity index (χ0n) is 14.8. The summed E-state index contributed by atoms with van der Waals surface area (Å²) in [6.45, 7) is 3.13. The summed E-state index contributed by atoms with van der Waals surface area (Å²) in [6, 6.07) is 14.4. The number of halogens is 1. The molecule has 27 heavy (non-hydrogen) atoms. The molecule has 0 aliphatic carbocycles. The number of hydrogen-bond donors (Lipinski definition) is 0. The van der Waals surface area contributed by atoms with Crippen LogP contribution < -0.4 is 0 Å². The van der Waals surface area contributed by atoms with E-state index in [4.69, 9.17) is 4.42 Å². The van der Waals surface area contributed by atoms with Gasteiger partial charge in [0.15, 0.2) is 0 Å². The van der Waals surface area contributed by atoms with Gasteiger partial charge in [0.05, 0.1) is 10.8 Å². The Hall–Kier alpha value is -2.67. The van der Waals surface area contributed by atoms with Crippen molar-refractivity contribution in [1.29, 1.82) is 0 Å². The Morgan fingerprint density at radius 3 is 2.70 bits per heavy atom. The number of carbonyl (C=O) groups is 1. The molecule has 0 fully saturated rings. The van der Waals surface area contributed by atoms with E-state index in [1.165, 1.54) is 29.0 Å². The quantitative estimate of drug-likeness (QED) is 0.639. The second-order valence-corrected chi connectivity index (χ2v) is 7.68. The van der Waals surface area contributed by atoms with Crippen molar-refractivity contribution in [2.45, 2.75) is 30.4 Å². The molecule has 0 N–H and O–H groups in total. The Kier molecular flexibility index (Phi) is 4.94. The third-order valence-electron chi connectivity index (χ3n) is 4.58. The molecular weight excluding hydrogens is 365 g/mol. The molecule has 0 spiro atoms. The van der Waals surface area contributed by atoms with Crippen LogP contribution in [0.5, 0.6) is 0 Å². The first-order valence-corrected chi connectivity index (χ1v) is 9.60. The third kappa shape index (κ3) is 3.73. The number of nitrogens with zero attached hydrogens (tertiary/aromatic N) is 3. The number of benzene rings is 2. The van der Waals surface area contributed by atoms with E-state index in [9.17, 15) is 9.18 Å². The van der Waals surface area contributed by atoms with E-state index in [-0.39, 0.29) is 27.8 Å². The van der Waals surface area contributed by atoms with Crippen molar-refractivity contribution < 1.29 is 13.6 Å². The van der Waals surface area contributed by atoms with E-state index in [2.05, 4.69) is 22.3 Å². The first kappa shape index (κ1) is 17.7. The maximum absolute atomic E-state index is 13.8. The molecule has 0 bridgehead atoms. The highest BCUT2D eigenvalue weighted by Crippen LogP contribution is 2.29. The predicted octanol–water partition coefficient (Wildman–Crippen LogP) is 3.94. The molecule has 7 heteroatoms. The molecule has 1 atom stereocenters. The lowest BCUT2D eigenvalue weighted by Crippen LogP contribution is -2.40. The van der Waals surface area contributed by atoms with Gasteiger partial charge in [0.2, 0.25) is 5.91 Å². The lowest BCUT2D eigenvalue weighted by atomic mass is 10.00. The SMILES string of the molecule is C[C@@H](Sc1nnc(-c2ccccc2F)o1)C(=O)N1CCc2ccccc2C1. The Labute approximate surface area is 160 Å². The highest BCUT2D eigenvalue weighted by molar-refractivity contribution is 8.00. The average Bonchev–Trinajstić information content (AvgIpc) is 3.15. The van der Waals surface area contributed by atoms with Gasteiger partial charge in [0, 0.05) is 13.1 Å². The Bertz CT molecular complexity index is 975. The average molecular weight is 383 g/mol. The van der Waals surface area contributed by atoms with E-state index in [0.29, 0.717) is 13.1 Å². The van der Waals surface area contributed by atoms with Gasteiger partial charge < -0.3 is 9.32 Å². The Morgan fingerprint density at radius 1 is 1.15 bits per heavy atom. The molecule has 5 nitrogen and oxygen atoms in total. The summed E-state index contributed by atoms with van der Waals surface area (Å²) in [4.78, 5) is 14.7. The fraction of sp³-hybridized carbons (Fsp3) is 0.250. The largest absolute Gasteiger partial charge is 0.411 e. The topological polar surface area (TPSA) is 59.2 Å². The van der Waals surface area contributed by atoms with Gasteiger partial charge in [-0.2, -0.15) is 0 Å². The van der Waals surface area contributed by atoms with Gasteiger partial charge in [-0.15, -0.1) is 10.2 Å². The molecule has 1 aliphatic heterocycles. The molecule has 0 radical (unpaired) electrons. The van der Waals surface area contributed by atoms with Crippen molar-refractivity contribution in [3.8, 4) is 11.5 Å². The highest BCUT2D eigenvalue weighted by atomic mass is 32.2. The van der Waals surface area contributed by atoms with Crippen molar-refractivity contribution in [3.63, 3.8) is 0 Å². The van der Waals surface area contributed by atoms with E-state index < -0.39 is 5.82 Å². The zero-order chi connectivity index (χ0) is 18.8. The molecule has 2 heterocycles. The van der Waals surface area contributed by atoms with Crippen molar-refractivity contribution in [1.82, 2.24) is 15.1 Å². The smallest absolute Gasteiger partial charge is 0.277 e. The second-order valence-electron chi connectivity index (χ2n) is 6.39. The van der Waals surface area contributed by atoms with Crippen LogP contribution in [0.3, 0.4) is 0 Å². The van der Waals surface area contributed by atoms with Gasteiger partial charge in [0.25, 0.3) is 11.1 Å². The van der Waals surface area contributed by atoms with Crippen LogP contribution in [0.15, 0.2) is 58.2 Å². The van der Waals surface area contributed by atoms with Crippen molar-refractivity contribution in [2.75, 3.05) is 6.54 Å². The monoisotopic (exact) mass is 383 g/mol. The zero-order valence-corrected chi connectivity index (χ0v) is 15.6. The summed E-state index contributed by atoms with van der Waals surface area (Å²) in [7, 11) is 0. The summed E-state index contributed by atoms with van der Waals surface area (Å²) >= 11 is 1.19. The van der Waals surface area contributed by atoms with E-state index >= 15 is 0 Å². The maximum Gasteiger partial charge on any atom is 0.277 e. The van der Waals surface area contributed by atoms with Crippen LogP contribution in [0.4, 0.5) is 4.39 Å². The molecular formula is C20H18FN3O2S. The fourth-order valence-electron chi connectivity index (χ4n) is 3.14. The summed E-state index contributed by atoms with van der Waals surface area (Å²) in [5.41, 5.74) is 2.74. The Balaban J connectivity index is 1.43. The molecule has 138 valence electrons. The molecule has 0 unspecified atom stereocenters. The van der Waals surface area contributed by atoms with E-state index in [1.807, 2.05) is 24.0 Å². The molecule has 1 amide bonds. The number of rotatable bonds is 4. The van der Waals surface area contributed by atoms with Crippen LogP contribution in [0.2, 0.25) is 0 Å². The van der Waals surface area contributed by atoms with E-state index in [1.54, 1.807) is 18.2 Å². The van der Waals surface area contributed by atoms with Crippen molar-refractivity contribution in [3.05, 3.63) is 65.5 Å². The first-order chi connectivity index (χ1) is 13.1. The normalized spacial score (nSPS) is 14.7. The van der Waals surface area contributed by atoms with Gasteiger partial charge >= 0.3 is 0 Å². The third-order valence-corrected chi connectivity index (χ3v) is 5.50. The number of thioether (sulfide) groups is 1. The number of aromatic nitrogens is 2. The lowest BCUT2D eigenvalue weighted by Gasteiger charge is -2.30. The van der Waals surface area contributed by atoms with Gasteiger partial charge in [-0.25, -0.2) is 4.39 Å². The van der Waals surface area contributed by atoms with Crippen LogP contribution in [0.1, 0.15) is 18.1 Å². The summed E-state index contributed by atoms with van der Waals surface area (Å²) in [5.74, 6) is -0.281. The summed E-state index contributed by atoms with van der Waals surface area (Å²) in [5, 5.41) is 7.73. The van der Waals surface area contributed by atoms with E-state index in [0.717, 1.165) is 6.42 Å². The first-order valence-electron chi connectivity index (χ1n) is 8.72. The van der Waals surface area contributed by atoms with Gasteiger partial charge in [-0.3, -0.25) is 4.79 Å². The number of hydrogen-bond acceptors (Lipinski definition) is 5.